The van der Waals surface area contributed by atoms with E-state index in [9.17, 15) is 14.7 Å². The summed E-state index contributed by atoms with van der Waals surface area (Å²) in [5.41, 5.74) is -0.494. The second-order valence-electron chi connectivity index (χ2n) is 7.18. The molecule has 2 fully saturated rings. The van der Waals surface area contributed by atoms with Crippen molar-refractivity contribution in [2.75, 3.05) is 6.54 Å². The largest absolute Gasteiger partial charge is 0.480 e. The third kappa shape index (κ3) is 3.07. The first kappa shape index (κ1) is 15.1. The molecule has 1 saturated heterocycles. The first-order chi connectivity index (χ1) is 9.30. The van der Waals surface area contributed by atoms with Crippen molar-refractivity contribution >= 4 is 12.0 Å². The summed E-state index contributed by atoms with van der Waals surface area (Å²) in [7, 11) is 0. The van der Waals surface area contributed by atoms with Crippen molar-refractivity contribution in [1.82, 2.24) is 10.2 Å². The molecule has 0 aromatic heterocycles. The summed E-state index contributed by atoms with van der Waals surface area (Å²) < 4.78 is 0. The zero-order chi connectivity index (χ0) is 14.9. The fourth-order valence-corrected chi connectivity index (χ4v) is 3.56. The number of hydrogen-bond acceptors (Lipinski definition) is 2. The number of nitrogens with one attached hydrogen (secondary N) is 1. The van der Waals surface area contributed by atoms with Crippen molar-refractivity contribution in [2.24, 2.45) is 11.3 Å². The first-order valence-corrected chi connectivity index (χ1v) is 7.60. The Morgan fingerprint density at radius 1 is 1.20 bits per heavy atom. The molecule has 3 atom stereocenters. The Labute approximate surface area is 120 Å². The third-order valence-electron chi connectivity index (χ3n) is 4.63. The Balaban J connectivity index is 2.05. The van der Waals surface area contributed by atoms with Crippen LogP contribution >= 0.6 is 0 Å². The number of piperidine rings is 1. The molecular formula is C15H26N2O3. The van der Waals surface area contributed by atoms with Crippen molar-refractivity contribution in [3.05, 3.63) is 0 Å². The van der Waals surface area contributed by atoms with E-state index in [0.717, 1.165) is 19.4 Å². The molecule has 1 aliphatic carbocycles. The highest BCUT2D eigenvalue weighted by atomic mass is 16.4. The molecule has 1 aliphatic heterocycles. The van der Waals surface area contributed by atoms with Gasteiger partial charge in [0.05, 0.1) is 0 Å². The molecule has 2 N–H and O–H groups in total. The van der Waals surface area contributed by atoms with E-state index in [1.165, 1.54) is 19.3 Å². The molecule has 2 amide bonds. The van der Waals surface area contributed by atoms with Crippen LogP contribution in [0.3, 0.4) is 0 Å². The Morgan fingerprint density at radius 2 is 1.85 bits per heavy atom. The average molecular weight is 282 g/mol. The predicted molar refractivity (Wildman–Crippen MR) is 76.5 cm³/mol. The molecule has 2 rings (SSSR count). The summed E-state index contributed by atoms with van der Waals surface area (Å²) >= 11 is 0. The number of hydrogen-bond donors (Lipinski definition) is 2. The SMILES string of the molecule is CC(C)(C)[C@@H](NC(=O)N1CCCC2CCCC21)C(=O)O. The molecule has 2 aliphatic rings. The van der Waals surface area contributed by atoms with Crippen LogP contribution < -0.4 is 5.32 Å². The molecule has 0 radical (unpaired) electrons. The van der Waals surface area contributed by atoms with Gasteiger partial charge in [0.1, 0.15) is 6.04 Å². The number of carbonyl (C=O) groups excluding carboxylic acids is 1. The van der Waals surface area contributed by atoms with E-state index in [-0.39, 0.29) is 6.03 Å². The molecular weight excluding hydrogens is 256 g/mol. The lowest BCUT2D eigenvalue weighted by atomic mass is 9.86. The van der Waals surface area contributed by atoms with Crippen molar-refractivity contribution in [3.63, 3.8) is 0 Å². The zero-order valence-electron chi connectivity index (χ0n) is 12.7. The van der Waals surface area contributed by atoms with Gasteiger partial charge in [0.2, 0.25) is 0 Å². The summed E-state index contributed by atoms with van der Waals surface area (Å²) in [6.45, 7) is 6.26. The van der Waals surface area contributed by atoms with Crippen LogP contribution in [-0.4, -0.2) is 40.6 Å². The van der Waals surface area contributed by atoms with Crippen LogP contribution in [0.15, 0.2) is 0 Å². The molecule has 0 aromatic carbocycles. The van der Waals surface area contributed by atoms with Crippen molar-refractivity contribution < 1.29 is 14.7 Å². The fourth-order valence-electron chi connectivity index (χ4n) is 3.56. The average Bonchev–Trinajstić information content (AvgIpc) is 2.81. The molecule has 2 unspecified atom stereocenters. The second-order valence-corrected chi connectivity index (χ2v) is 7.18. The number of carboxylic acid groups (broad SMARTS) is 1. The smallest absolute Gasteiger partial charge is 0.326 e. The van der Waals surface area contributed by atoms with Crippen LogP contribution in [0.4, 0.5) is 4.79 Å². The highest BCUT2D eigenvalue weighted by Gasteiger charge is 2.40. The topological polar surface area (TPSA) is 69.6 Å². The number of likely N-dealkylation sites (tertiary alicyclic amines) is 1. The first-order valence-electron chi connectivity index (χ1n) is 7.60. The van der Waals surface area contributed by atoms with E-state index in [2.05, 4.69) is 5.32 Å². The molecule has 0 aromatic rings. The number of aliphatic carboxylic acids is 1. The fraction of sp³-hybridized carbons (Fsp3) is 0.867. The molecule has 0 bridgehead atoms. The van der Waals surface area contributed by atoms with Gasteiger partial charge in [-0.05, 0) is 37.0 Å². The minimum Gasteiger partial charge on any atom is -0.480 e. The van der Waals surface area contributed by atoms with Gasteiger partial charge in [0.25, 0.3) is 0 Å². The van der Waals surface area contributed by atoms with Gasteiger partial charge in [-0.15, -0.1) is 0 Å². The van der Waals surface area contributed by atoms with Crippen LogP contribution in [0.1, 0.15) is 52.9 Å². The van der Waals surface area contributed by atoms with Crippen molar-refractivity contribution in [1.29, 1.82) is 0 Å². The normalized spacial score (nSPS) is 27.9. The highest BCUT2D eigenvalue weighted by Crippen LogP contribution is 2.36. The van der Waals surface area contributed by atoms with E-state index >= 15 is 0 Å². The van der Waals surface area contributed by atoms with Crippen molar-refractivity contribution in [3.8, 4) is 0 Å². The lowest BCUT2D eigenvalue weighted by Crippen LogP contribution is -2.57. The van der Waals surface area contributed by atoms with Gasteiger partial charge < -0.3 is 15.3 Å². The standard InChI is InChI=1S/C15H26N2O3/c1-15(2,3)12(13(18)19)16-14(20)17-9-5-7-10-6-4-8-11(10)17/h10-12H,4-9H2,1-3H3,(H,16,20)(H,18,19)/t10?,11?,12-/m0/s1. The molecule has 5 nitrogen and oxygen atoms in total. The number of carboxylic acids is 1. The lowest BCUT2D eigenvalue weighted by Gasteiger charge is -2.39. The van der Waals surface area contributed by atoms with Gasteiger partial charge in [-0.2, -0.15) is 0 Å². The Kier molecular flexibility index (Phi) is 4.25. The van der Waals surface area contributed by atoms with Gasteiger partial charge in [-0.1, -0.05) is 27.2 Å². The van der Waals surface area contributed by atoms with Gasteiger partial charge in [-0.3, -0.25) is 0 Å². The maximum atomic E-state index is 12.5. The van der Waals surface area contributed by atoms with E-state index in [1.807, 2.05) is 25.7 Å². The summed E-state index contributed by atoms with van der Waals surface area (Å²) in [6.07, 6.45) is 5.68. The van der Waals surface area contributed by atoms with E-state index < -0.39 is 17.4 Å². The minimum absolute atomic E-state index is 0.205. The summed E-state index contributed by atoms with van der Waals surface area (Å²) in [5.74, 6) is -0.349. The highest BCUT2D eigenvalue weighted by molar-refractivity contribution is 5.83. The Hall–Kier alpha value is -1.26. The van der Waals surface area contributed by atoms with Gasteiger partial charge in [0, 0.05) is 12.6 Å². The predicted octanol–water partition coefficient (Wildman–Crippen LogP) is 2.46. The number of fused-ring (bicyclic) bond motifs is 1. The van der Waals surface area contributed by atoms with Crippen LogP contribution in [-0.2, 0) is 4.79 Å². The molecule has 1 heterocycles. The van der Waals surface area contributed by atoms with Gasteiger partial charge in [0.15, 0.2) is 0 Å². The Bertz CT molecular complexity index is 389. The molecule has 114 valence electrons. The monoisotopic (exact) mass is 282 g/mol. The number of nitrogens with zero attached hydrogens (tertiary/aromatic N) is 1. The van der Waals surface area contributed by atoms with E-state index in [4.69, 9.17) is 0 Å². The summed E-state index contributed by atoms with van der Waals surface area (Å²) in [4.78, 5) is 25.7. The summed E-state index contributed by atoms with van der Waals surface area (Å²) in [5, 5.41) is 12.0. The van der Waals surface area contributed by atoms with Crippen molar-refractivity contribution in [2.45, 2.75) is 65.0 Å². The third-order valence-corrected chi connectivity index (χ3v) is 4.63. The lowest BCUT2D eigenvalue weighted by molar-refractivity contribution is -0.142. The second kappa shape index (κ2) is 5.62. The molecule has 5 heteroatoms. The van der Waals surface area contributed by atoms with Gasteiger partial charge >= 0.3 is 12.0 Å². The zero-order valence-corrected chi connectivity index (χ0v) is 12.7. The quantitative estimate of drug-likeness (QED) is 0.817. The molecule has 0 spiro atoms. The van der Waals surface area contributed by atoms with Crippen LogP contribution in [0.2, 0.25) is 0 Å². The minimum atomic E-state index is -0.967. The number of amides is 2. The maximum absolute atomic E-state index is 12.5. The van der Waals surface area contributed by atoms with Crippen LogP contribution in [0.5, 0.6) is 0 Å². The van der Waals surface area contributed by atoms with Crippen LogP contribution in [0.25, 0.3) is 0 Å². The number of rotatable bonds is 2. The molecule has 20 heavy (non-hydrogen) atoms. The van der Waals surface area contributed by atoms with Gasteiger partial charge in [-0.25, -0.2) is 9.59 Å². The maximum Gasteiger partial charge on any atom is 0.326 e. The Morgan fingerprint density at radius 3 is 2.45 bits per heavy atom. The number of urea groups is 1. The summed E-state index contributed by atoms with van der Waals surface area (Å²) in [6, 6.07) is -0.737. The van der Waals surface area contributed by atoms with E-state index in [1.54, 1.807) is 0 Å². The van der Waals surface area contributed by atoms with E-state index in [0.29, 0.717) is 12.0 Å². The molecule has 1 saturated carbocycles. The van der Waals surface area contributed by atoms with Crippen LogP contribution in [0, 0.1) is 11.3 Å². The number of carbonyl (C=O) groups is 2.